The Morgan fingerprint density at radius 2 is 1.79 bits per heavy atom. The molecule has 29 heavy (non-hydrogen) atoms. The van der Waals surface area contributed by atoms with E-state index in [1.807, 2.05) is 29.2 Å². The maximum absolute atomic E-state index is 13.0. The molecule has 3 heterocycles. The van der Waals surface area contributed by atoms with Gasteiger partial charge in [0.1, 0.15) is 0 Å². The highest BCUT2D eigenvalue weighted by molar-refractivity contribution is 5.99. The van der Waals surface area contributed by atoms with Crippen LogP contribution in [-0.2, 0) is 17.8 Å². The Bertz CT molecular complexity index is 1130. The average Bonchev–Trinajstić information content (AvgIpc) is 3.20. The number of nitrogens with zero attached hydrogens (tertiary/aromatic N) is 2. The zero-order valence-electron chi connectivity index (χ0n) is 16.3. The first-order chi connectivity index (χ1) is 14.1. The van der Waals surface area contributed by atoms with Crippen molar-refractivity contribution in [1.82, 2.24) is 14.8 Å². The van der Waals surface area contributed by atoms with Gasteiger partial charge in [0, 0.05) is 31.7 Å². The Balaban J connectivity index is 1.37. The number of hydrogen-bond donors (Lipinski definition) is 1. The second-order valence-electron chi connectivity index (χ2n) is 7.76. The van der Waals surface area contributed by atoms with Gasteiger partial charge in [0.15, 0.2) is 5.58 Å². The quantitative estimate of drug-likeness (QED) is 0.737. The lowest BCUT2D eigenvalue weighted by Gasteiger charge is -2.26. The van der Waals surface area contributed by atoms with Gasteiger partial charge in [-0.1, -0.05) is 18.2 Å². The number of nitrogens with one attached hydrogen (secondary N) is 1. The van der Waals surface area contributed by atoms with E-state index in [2.05, 4.69) is 28.9 Å². The van der Waals surface area contributed by atoms with Crippen LogP contribution in [0, 0.1) is 0 Å². The number of benzene rings is 2. The summed E-state index contributed by atoms with van der Waals surface area (Å²) < 4.78 is 10.6. The number of fused-ring (bicyclic) bond motifs is 2. The number of hydrogen-bond acceptors (Lipinski definition) is 5. The summed E-state index contributed by atoms with van der Waals surface area (Å²) in [6.07, 6.45) is 0. The largest absolute Gasteiger partial charge is 0.417 e. The van der Waals surface area contributed by atoms with Crippen molar-refractivity contribution in [3.8, 4) is 0 Å². The summed E-state index contributed by atoms with van der Waals surface area (Å²) in [7, 11) is 0. The molecule has 1 atom stereocenters. The predicted octanol–water partition coefficient (Wildman–Crippen LogP) is 2.67. The van der Waals surface area contributed by atoms with Crippen LogP contribution < -0.4 is 5.76 Å². The predicted molar refractivity (Wildman–Crippen MR) is 108 cm³/mol. The van der Waals surface area contributed by atoms with Crippen LogP contribution in [0.15, 0.2) is 45.6 Å². The van der Waals surface area contributed by atoms with E-state index in [9.17, 15) is 9.59 Å². The SMILES string of the molecule is CC1c2cc(CN3CCOCC3)ccc2C(=O)N1Cc1ccc2[nH]c(=O)oc2c1. The van der Waals surface area contributed by atoms with Crippen LogP contribution in [0.3, 0.4) is 0 Å². The number of rotatable bonds is 4. The van der Waals surface area contributed by atoms with E-state index in [1.165, 1.54) is 5.56 Å². The highest BCUT2D eigenvalue weighted by Gasteiger charge is 2.34. The van der Waals surface area contributed by atoms with Gasteiger partial charge in [-0.05, 0) is 41.8 Å². The standard InChI is InChI=1S/C22H23N3O4/c1-14-18-10-15(12-24-6-8-28-9-7-24)2-4-17(18)21(26)25(14)13-16-3-5-19-20(11-16)29-22(27)23-19/h2-5,10-11,14H,6-9,12-13H2,1H3,(H,23,27). The number of morpholine rings is 1. The Kier molecular flexibility index (Phi) is 4.49. The van der Waals surface area contributed by atoms with Gasteiger partial charge in [0.25, 0.3) is 5.91 Å². The number of amides is 1. The van der Waals surface area contributed by atoms with Crippen LogP contribution in [0.5, 0.6) is 0 Å². The molecule has 1 saturated heterocycles. The molecule has 2 aliphatic heterocycles. The van der Waals surface area contributed by atoms with Gasteiger partial charge in [-0.25, -0.2) is 4.79 Å². The molecule has 7 heteroatoms. The topological polar surface area (TPSA) is 78.8 Å². The molecule has 3 aromatic rings. The number of aromatic nitrogens is 1. The molecule has 0 aliphatic carbocycles. The van der Waals surface area contributed by atoms with Crippen LogP contribution in [0.1, 0.15) is 40.0 Å². The van der Waals surface area contributed by atoms with E-state index in [0.717, 1.165) is 49.5 Å². The van der Waals surface area contributed by atoms with Gasteiger partial charge < -0.3 is 14.1 Å². The highest BCUT2D eigenvalue weighted by Crippen LogP contribution is 2.35. The third-order valence-electron chi connectivity index (χ3n) is 5.87. The molecule has 1 fully saturated rings. The van der Waals surface area contributed by atoms with Crippen molar-refractivity contribution < 1.29 is 13.9 Å². The summed E-state index contributed by atoms with van der Waals surface area (Å²) in [5.41, 5.74) is 5.18. The molecule has 1 amide bonds. The van der Waals surface area contributed by atoms with Gasteiger partial charge in [0.05, 0.1) is 24.8 Å². The number of H-pyrrole nitrogens is 1. The molecule has 1 unspecified atom stereocenters. The van der Waals surface area contributed by atoms with Crippen LogP contribution in [0.4, 0.5) is 0 Å². The minimum absolute atomic E-state index is 0.00364. The molecule has 2 aliphatic rings. The number of ether oxygens (including phenoxy) is 1. The molecule has 0 radical (unpaired) electrons. The summed E-state index contributed by atoms with van der Waals surface area (Å²) in [6, 6.07) is 11.7. The monoisotopic (exact) mass is 393 g/mol. The molecule has 5 rings (SSSR count). The van der Waals surface area contributed by atoms with Crippen molar-refractivity contribution >= 4 is 17.0 Å². The summed E-state index contributed by atoms with van der Waals surface area (Å²) in [5.74, 6) is -0.427. The lowest BCUT2D eigenvalue weighted by atomic mass is 10.0. The third kappa shape index (κ3) is 3.36. The number of carbonyl (C=O) groups is 1. The van der Waals surface area contributed by atoms with E-state index in [-0.39, 0.29) is 11.9 Å². The first kappa shape index (κ1) is 18.1. The zero-order chi connectivity index (χ0) is 20.0. The Morgan fingerprint density at radius 3 is 2.62 bits per heavy atom. The molecular weight excluding hydrogens is 370 g/mol. The first-order valence-corrected chi connectivity index (χ1v) is 9.94. The summed E-state index contributed by atoms with van der Waals surface area (Å²) >= 11 is 0. The molecular formula is C22H23N3O4. The second-order valence-corrected chi connectivity index (χ2v) is 7.76. The van der Waals surface area contributed by atoms with Crippen molar-refractivity contribution in [2.45, 2.75) is 26.1 Å². The van der Waals surface area contributed by atoms with E-state index in [0.29, 0.717) is 17.6 Å². The number of carbonyl (C=O) groups excluding carboxylic acids is 1. The second kappa shape index (κ2) is 7.17. The maximum Gasteiger partial charge on any atom is 0.417 e. The van der Waals surface area contributed by atoms with Crippen molar-refractivity contribution in [3.63, 3.8) is 0 Å². The third-order valence-corrected chi connectivity index (χ3v) is 5.87. The fourth-order valence-corrected chi connectivity index (χ4v) is 4.26. The Labute approximate surface area is 167 Å². The number of oxazole rings is 1. The number of aromatic amines is 1. The fourth-order valence-electron chi connectivity index (χ4n) is 4.26. The summed E-state index contributed by atoms with van der Waals surface area (Å²) in [6.45, 7) is 6.85. The normalized spacial score (nSPS) is 19.8. The molecule has 0 saturated carbocycles. The van der Waals surface area contributed by atoms with Crippen molar-refractivity contribution in [2.24, 2.45) is 0 Å². The van der Waals surface area contributed by atoms with Crippen LogP contribution in [0.2, 0.25) is 0 Å². The minimum atomic E-state index is -0.469. The molecule has 7 nitrogen and oxygen atoms in total. The van der Waals surface area contributed by atoms with E-state index in [4.69, 9.17) is 9.15 Å². The van der Waals surface area contributed by atoms with Crippen molar-refractivity contribution in [3.05, 3.63) is 69.2 Å². The van der Waals surface area contributed by atoms with Crippen LogP contribution >= 0.6 is 0 Å². The molecule has 2 aromatic carbocycles. The highest BCUT2D eigenvalue weighted by atomic mass is 16.5. The van der Waals surface area contributed by atoms with Gasteiger partial charge in [-0.2, -0.15) is 0 Å². The zero-order valence-corrected chi connectivity index (χ0v) is 16.3. The smallest absolute Gasteiger partial charge is 0.408 e. The lowest BCUT2D eigenvalue weighted by Crippen LogP contribution is -2.35. The van der Waals surface area contributed by atoms with Gasteiger partial charge >= 0.3 is 5.76 Å². The molecule has 0 bridgehead atoms. The van der Waals surface area contributed by atoms with Gasteiger partial charge in [0.2, 0.25) is 0 Å². The average molecular weight is 393 g/mol. The first-order valence-electron chi connectivity index (χ1n) is 9.94. The minimum Gasteiger partial charge on any atom is -0.408 e. The molecule has 1 N–H and O–H groups in total. The fraction of sp³-hybridized carbons (Fsp3) is 0.364. The van der Waals surface area contributed by atoms with Gasteiger partial charge in [-0.15, -0.1) is 0 Å². The molecule has 150 valence electrons. The Hall–Kier alpha value is -2.90. The van der Waals surface area contributed by atoms with Crippen molar-refractivity contribution in [2.75, 3.05) is 26.3 Å². The van der Waals surface area contributed by atoms with Crippen molar-refractivity contribution in [1.29, 1.82) is 0 Å². The molecule has 0 spiro atoms. The van der Waals surface area contributed by atoms with Crippen LogP contribution in [-0.4, -0.2) is 47.0 Å². The summed E-state index contributed by atoms with van der Waals surface area (Å²) in [4.78, 5) is 31.3. The Morgan fingerprint density at radius 1 is 1.03 bits per heavy atom. The summed E-state index contributed by atoms with van der Waals surface area (Å²) in [5, 5.41) is 0. The maximum atomic E-state index is 13.0. The van der Waals surface area contributed by atoms with E-state index in [1.54, 1.807) is 0 Å². The van der Waals surface area contributed by atoms with Gasteiger partial charge in [-0.3, -0.25) is 14.7 Å². The van der Waals surface area contributed by atoms with E-state index < -0.39 is 5.76 Å². The van der Waals surface area contributed by atoms with Crippen LogP contribution in [0.25, 0.3) is 11.1 Å². The lowest BCUT2D eigenvalue weighted by molar-refractivity contribution is 0.0342. The molecule has 1 aromatic heterocycles. The van der Waals surface area contributed by atoms with E-state index >= 15 is 0 Å².